The molecule has 2 rings (SSSR count). The number of rotatable bonds is 6. The van der Waals surface area contributed by atoms with Crippen LogP contribution in [0.4, 0.5) is 4.79 Å². The molecule has 0 saturated carbocycles. The lowest BCUT2D eigenvalue weighted by molar-refractivity contribution is 0.0242. The molecule has 0 bridgehead atoms. The molecule has 1 fully saturated rings. The van der Waals surface area contributed by atoms with E-state index in [1.54, 1.807) is 6.20 Å². The molecule has 0 unspecified atom stereocenters. The third-order valence-electron chi connectivity index (χ3n) is 5.15. The average molecular weight is 322 g/mol. The van der Waals surface area contributed by atoms with Gasteiger partial charge in [0.2, 0.25) is 0 Å². The minimum atomic E-state index is -0.670. The second-order valence-electron chi connectivity index (χ2n) is 6.50. The molecule has 130 valence electrons. The summed E-state index contributed by atoms with van der Waals surface area (Å²) in [7, 11) is 1.92. The van der Waals surface area contributed by atoms with Crippen LogP contribution in [-0.2, 0) is 7.05 Å². The highest BCUT2D eigenvalue weighted by Crippen LogP contribution is 2.30. The zero-order valence-corrected chi connectivity index (χ0v) is 14.6. The average Bonchev–Trinajstić information content (AvgIpc) is 3.00. The third kappa shape index (κ3) is 4.25. The minimum Gasteiger partial charge on any atom is -0.390 e. The van der Waals surface area contributed by atoms with Gasteiger partial charge in [0, 0.05) is 26.3 Å². The zero-order chi connectivity index (χ0) is 16.9. The Morgan fingerprint density at radius 3 is 2.78 bits per heavy atom. The first-order valence-electron chi connectivity index (χ1n) is 8.75. The van der Waals surface area contributed by atoms with Crippen LogP contribution < -0.4 is 5.32 Å². The van der Waals surface area contributed by atoms with Crippen molar-refractivity contribution < 1.29 is 9.90 Å². The summed E-state index contributed by atoms with van der Waals surface area (Å²) in [5.74, 6) is 0. The van der Waals surface area contributed by atoms with E-state index in [-0.39, 0.29) is 12.1 Å². The van der Waals surface area contributed by atoms with Gasteiger partial charge in [-0.1, -0.05) is 13.8 Å². The quantitative estimate of drug-likeness (QED) is 0.846. The molecule has 0 aromatic carbocycles. The number of hydrogen-bond donors (Lipinski definition) is 2. The van der Waals surface area contributed by atoms with E-state index in [0.29, 0.717) is 25.8 Å². The first kappa shape index (κ1) is 17.8. The van der Waals surface area contributed by atoms with Crippen LogP contribution in [0.2, 0.25) is 0 Å². The van der Waals surface area contributed by atoms with Gasteiger partial charge in [0.15, 0.2) is 0 Å². The summed E-state index contributed by atoms with van der Waals surface area (Å²) in [6, 6.07) is 2.04. The van der Waals surface area contributed by atoms with Crippen molar-refractivity contribution in [2.24, 2.45) is 7.05 Å². The zero-order valence-electron chi connectivity index (χ0n) is 14.6. The van der Waals surface area contributed by atoms with Crippen LogP contribution in [0.25, 0.3) is 0 Å². The monoisotopic (exact) mass is 322 g/mol. The van der Waals surface area contributed by atoms with Gasteiger partial charge < -0.3 is 15.3 Å². The van der Waals surface area contributed by atoms with Crippen molar-refractivity contribution in [3.8, 4) is 0 Å². The third-order valence-corrected chi connectivity index (χ3v) is 5.15. The molecule has 6 nitrogen and oxygen atoms in total. The van der Waals surface area contributed by atoms with Gasteiger partial charge >= 0.3 is 6.03 Å². The van der Waals surface area contributed by atoms with Crippen LogP contribution in [0.3, 0.4) is 0 Å². The highest BCUT2D eigenvalue weighted by atomic mass is 16.3. The van der Waals surface area contributed by atoms with E-state index in [9.17, 15) is 9.90 Å². The highest BCUT2D eigenvalue weighted by molar-refractivity contribution is 5.74. The van der Waals surface area contributed by atoms with Crippen molar-refractivity contribution in [2.45, 2.75) is 64.0 Å². The molecule has 2 N–H and O–H groups in total. The second-order valence-corrected chi connectivity index (χ2v) is 6.50. The Morgan fingerprint density at radius 2 is 2.17 bits per heavy atom. The maximum Gasteiger partial charge on any atom is 0.317 e. The molecule has 1 atom stereocenters. The molecule has 1 aliphatic heterocycles. The van der Waals surface area contributed by atoms with E-state index in [4.69, 9.17) is 0 Å². The van der Waals surface area contributed by atoms with E-state index in [2.05, 4.69) is 10.4 Å². The van der Waals surface area contributed by atoms with Crippen molar-refractivity contribution in [3.05, 3.63) is 18.0 Å². The summed E-state index contributed by atoms with van der Waals surface area (Å²) in [5.41, 5.74) is 0.412. The number of likely N-dealkylation sites (tertiary alicyclic amines) is 1. The predicted octanol–water partition coefficient (Wildman–Crippen LogP) is 2.60. The predicted molar refractivity (Wildman–Crippen MR) is 90.1 cm³/mol. The topological polar surface area (TPSA) is 70.4 Å². The van der Waals surface area contributed by atoms with Gasteiger partial charge in [-0.05, 0) is 44.6 Å². The van der Waals surface area contributed by atoms with Crippen molar-refractivity contribution in [1.29, 1.82) is 0 Å². The lowest BCUT2D eigenvalue weighted by Crippen LogP contribution is -2.46. The number of urea groups is 1. The summed E-state index contributed by atoms with van der Waals surface area (Å²) >= 11 is 0. The van der Waals surface area contributed by atoms with Crippen molar-refractivity contribution >= 4 is 6.03 Å². The molecule has 1 aliphatic rings. The molecule has 6 heteroatoms. The SMILES string of the molecule is CCC(O)(CC)CCNC(=O)N1CCCC[C@@H]1c1ccnn1C. The number of aryl methyl sites for hydroxylation is 1. The van der Waals surface area contributed by atoms with Crippen molar-refractivity contribution in [3.63, 3.8) is 0 Å². The fraction of sp³-hybridized carbons (Fsp3) is 0.765. The molecule has 1 aromatic rings. The number of piperidine rings is 1. The molecule has 0 aliphatic carbocycles. The fourth-order valence-electron chi connectivity index (χ4n) is 3.30. The molecule has 23 heavy (non-hydrogen) atoms. The number of hydrogen-bond acceptors (Lipinski definition) is 3. The van der Waals surface area contributed by atoms with E-state index < -0.39 is 5.60 Å². The normalized spacial score (nSPS) is 19.0. The van der Waals surface area contributed by atoms with Crippen LogP contribution in [-0.4, -0.2) is 44.5 Å². The highest BCUT2D eigenvalue weighted by Gasteiger charge is 2.30. The summed E-state index contributed by atoms with van der Waals surface area (Å²) in [5, 5.41) is 17.5. The Hall–Kier alpha value is -1.56. The van der Waals surface area contributed by atoms with E-state index in [1.165, 1.54) is 0 Å². The number of aromatic nitrogens is 2. The molecule has 0 spiro atoms. The smallest absolute Gasteiger partial charge is 0.317 e. The standard InChI is InChI=1S/C17H30N4O2/c1-4-17(23,5-2)10-12-18-16(22)21-13-7-6-8-15(21)14-9-11-19-20(14)3/h9,11,15,23H,4-8,10,12-13H2,1-3H3,(H,18,22)/t15-/m1/s1. The van der Waals surface area contributed by atoms with Gasteiger partial charge in [-0.2, -0.15) is 5.10 Å². The molecule has 0 radical (unpaired) electrons. The maximum atomic E-state index is 12.6. The van der Waals surface area contributed by atoms with E-state index >= 15 is 0 Å². The molecular weight excluding hydrogens is 292 g/mol. The number of nitrogens with zero attached hydrogens (tertiary/aromatic N) is 3. The van der Waals surface area contributed by atoms with E-state index in [0.717, 1.165) is 31.5 Å². The first-order valence-corrected chi connectivity index (χ1v) is 8.75. The molecule has 2 amide bonds. The summed E-state index contributed by atoms with van der Waals surface area (Å²) in [6.07, 6.45) is 6.93. The maximum absolute atomic E-state index is 12.6. The van der Waals surface area contributed by atoms with E-state index in [1.807, 2.05) is 36.5 Å². The summed E-state index contributed by atoms with van der Waals surface area (Å²) in [6.45, 7) is 5.24. The Morgan fingerprint density at radius 1 is 1.43 bits per heavy atom. The van der Waals surface area contributed by atoms with Gasteiger partial charge in [0.1, 0.15) is 0 Å². The van der Waals surface area contributed by atoms with Crippen molar-refractivity contribution in [1.82, 2.24) is 20.0 Å². The van der Waals surface area contributed by atoms with Gasteiger partial charge in [0.05, 0.1) is 17.3 Å². The van der Waals surface area contributed by atoms with Gasteiger partial charge in [0.25, 0.3) is 0 Å². The summed E-state index contributed by atoms with van der Waals surface area (Å²) < 4.78 is 1.85. The van der Waals surface area contributed by atoms with Crippen LogP contribution in [0.15, 0.2) is 12.3 Å². The molecular formula is C17H30N4O2. The number of carbonyl (C=O) groups is 1. The minimum absolute atomic E-state index is 0.0366. The number of aliphatic hydroxyl groups is 1. The molecule has 1 aromatic heterocycles. The van der Waals surface area contributed by atoms with Crippen LogP contribution in [0.5, 0.6) is 0 Å². The van der Waals surface area contributed by atoms with Gasteiger partial charge in [-0.3, -0.25) is 4.68 Å². The van der Waals surface area contributed by atoms with Gasteiger partial charge in [-0.15, -0.1) is 0 Å². The summed E-state index contributed by atoms with van der Waals surface area (Å²) in [4.78, 5) is 14.5. The first-order chi connectivity index (χ1) is 11.0. The van der Waals surface area contributed by atoms with Crippen LogP contribution >= 0.6 is 0 Å². The van der Waals surface area contributed by atoms with Crippen LogP contribution in [0.1, 0.15) is 64.1 Å². The Balaban J connectivity index is 1.95. The number of carbonyl (C=O) groups excluding carboxylic acids is 1. The fourth-order valence-corrected chi connectivity index (χ4v) is 3.30. The van der Waals surface area contributed by atoms with Crippen LogP contribution in [0, 0.1) is 0 Å². The largest absolute Gasteiger partial charge is 0.390 e. The molecule has 2 heterocycles. The number of nitrogens with one attached hydrogen (secondary N) is 1. The Kier molecular flexibility index (Phi) is 6.04. The number of amides is 2. The Labute approximate surface area is 138 Å². The Bertz CT molecular complexity index is 510. The van der Waals surface area contributed by atoms with Crippen molar-refractivity contribution in [2.75, 3.05) is 13.1 Å². The lowest BCUT2D eigenvalue weighted by Gasteiger charge is -2.36. The second kappa shape index (κ2) is 7.81. The lowest BCUT2D eigenvalue weighted by atomic mass is 9.93. The van der Waals surface area contributed by atoms with Gasteiger partial charge in [-0.25, -0.2) is 4.79 Å². The molecule has 1 saturated heterocycles.